The van der Waals surface area contributed by atoms with Gasteiger partial charge in [0, 0.05) is 6.42 Å². The van der Waals surface area contributed by atoms with Crippen LogP contribution in [0.25, 0.3) is 0 Å². The van der Waals surface area contributed by atoms with E-state index in [0.717, 1.165) is 38.5 Å². The van der Waals surface area contributed by atoms with Gasteiger partial charge in [0.25, 0.3) is 0 Å². The summed E-state index contributed by atoms with van der Waals surface area (Å²) in [7, 11) is 1.57. The molecule has 3 N–H and O–H groups in total. The maximum atomic E-state index is 12.8. The van der Waals surface area contributed by atoms with Crippen LogP contribution >= 0.6 is 7.82 Å². The number of aliphatic hydroxyl groups excluding tert-OH is 1. The third-order valence-corrected chi connectivity index (χ3v) is 9.65. The van der Waals surface area contributed by atoms with Crippen molar-refractivity contribution in [1.82, 2.24) is 5.32 Å². The molecule has 0 spiro atoms. The van der Waals surface area contributed by atoms with E-state index in [0.29, 0.717) is 17.4 Å². The number of aliphatic hydroxyl groups is 1. The van der Waals surface area contributed by atoms with Gasteiger partial charge in [-0.2, -0.15) is 0 Å². The van der Waals surface area contributed by atoms with Gasteiger partial charge in [0.05, 0.1) is 39.9 Å². The molecule has 48 heavy (non-hydrogen) atoms. The molecule has 0 aliphatic rings. The number of carbonyl (C=O) groups is 1. The van der Waals surface area contributed by atoms with Crippen LogP contribution in [0.5, 0.6) is 0 Å². The number of hydrogen-bond donors (Lipinski definition) is 3. The summed E-state index contributed by atoms with van der Waals surface area (Å²) in [5.74, 6) is -0.186. The highest BCUT2D eigenvalue weighted by atomic mass is 31.2. The molecule has 0 aliphatic heterocycles. The van der Waals surface area contributed by atoms with Gasteiger partial charge >= 0.3 is 7.82 Å². The molecule has 9 heteroatoms. The largest absolute Gasteiger partial charge is 0.472 e. The van der Waals surface area contributed by atoms with Gasteiger partial charge in [-0.05, 0) is 44.9 Å². The summed E-state index contributed by atoms with van der Waals surface area (Å²) in [6, 6.07) is -0.842. The minimum absolute atomic E-state index is 0.0611. The molecule has 0 heterocycles. The number of nitrogens with one attached hydrogen (secondary N) is 1. The van der Waals surface area contributed by atoms with Crippen molar-refractivity contribution in [2.75, 3.05) is 40.9 Å². The van der Waals surface area contributed by atoms with Gasteiger partial charge in [-0.1, -0.05) is 141 Å². The molecule has 284 valence electrons. The van der Waals surface area contributed by atoms with E-state index in [1.54, 1.807) is 6.08 Å². The van der Waals surface area contributed by atoms with Crippen molar-refractivity contribution in [2.24, 2.45) is 0 Å². The normalized spacial score (nSPS) is 14.9. The van der Waals surface area contributed by atoms with Crippen molar-refractivity contribution in [2.45, 2.75) is 180 Å². The van der Waals surface area contributed by atoms with Gasteiger partial charge in [-0.3, -0.25) is 13.8 Å². The number of likely N-dealkylation sites (N-methyl/N-ethyl adjacent to an activating group) is 1. The number of rotatable bonds is 35. The SMILES string of the molecule is CCCCCCCC/C=C/CCCCCCCCCC(=O)N[C@@H](COP(=O)(O)OCC[N+](C)(C)C)[C@H](O)/C=C/CCCCCCCCC. The topological polar surface area (TPSA) is 105 Å². The van der Waals surface area contributed by atoms with E-state index in [-0.39, 0.29) is 19.1 Å². The average Bonchev–Trinajstić information content (AvgIpc) is 3.02. The van der Waals surface area contributed by atoms with E-state index in [1.807, 2.05) is 27.2 Å². The molecule has 8 nitrogen and oxygen atoms in total. The molecule has 0 saturated carbocycles. The first-order valence-corrected chi connectivity index (χ1v) is 21.2. The predicted octanol–water partition coefficient (Wildman–Crippen LogP) is 10.2. The van der Waals surface area contributed by atoms with Gasteiger partial charge in [-0.15, -0.1) is 0 Å². The van der Waals surface area contributed by atoms with Crippen LogP contribution in [0.4, 0.5) is 0 Å². The number of amides is 1. The van der Waals surface area contributed by atoms with Crippen LogP contribution in [0.15, 0.2) is 24.3 Å². The maximum Gasteiger partial charge on any atom is 0.472 e. The third-order valence-electron chi connectivity index (χ3n) is 8.67. The van der Waals surface area contributed by atoms with Gasteiger partial charge in [-0.25, -0.2) is 4.57 Å². The van der Waals surface area contributed by atoms with Crippen molar-refractivity contribution in [1.29, 1.82) is 0 Å². The van der Waals surface area contributed by atoms with Crippen molar-refractivity contribution in [3.05, 3.63) is 24.3 Å². The summed E-state index contributed by atoms with van der Waals surface area (Å²) in [5.41, 5.74) is 0. The molecule has 0 bridgehead atoms. The van der Waals surface area contributed by atoms with Crippen molar-refractivity contribution < 1.29 is 32.9 Å². The molecular formula is C39H78N2O6P+. The fourth-order valence-corrected chi connectivity index (χ4v) is 6.18. The number of nitrogens with zero attached hydrogens (tertiary/aromatic N) is 1. The van der Waals surface area contributed by atoms with Crippen molar-refractivity contribution in [3.8, 4) is 0 Å². The van der Waals surface area contributed by atoms with E-state index in [2.05, 4.69) is 31.3 Å². The second kappa shape index (κ2) is 31.9. The standard InChI is InChI=1S/C39H77N2O6P/c1-6-8-10-12-14-16-17-18-19-20-21-22-23-25-27-29-31-33-39(43)40-37(36-47-48(44,45)46-35-34-41(3,4)5)38(42)32-30-28-26-24-15-13-11-9-7-2/h18-19,30,32,37-38,42H,6-17,20-29,31,33-36H2,1-5H3,(H-,40,43,44,45)/p+1/b19-18+,32-30+/t37-,38+/m0/s1. The van der Waals surface area contributed by atoms with E-state index >= 15 is 0 Å². The number of unbranched alkanes of at least 4 members (excludes halogenated alkanes) is 20. The van der Waals surface area contributed by atoms with Gasteiger partial charge in [0.1, 0.15) is 13.2 Å². The Balaban J connectivity index is 4.42. The summed E-state index contributed by atoms with van der Waals surface area (Å²) < 4.78 is 23.4. The van der Waals surface area contributed by atoms with E-state index in [9.17, 15) is 19.4 Å². The van der Waals surface area contributed by atoms with Crippen LogP contribution in [0, 0.1) is 0 Å². The number of quaternary nitrogens is 1. The summed E-state index contributed by atoms with van der Waals surface area (Å²) >= 11 is 0. The first-order valence-electron chi connectivity index (χ1n) is 19.7. The molecule has 1 amide bonds. The molecule has 3 atom stereocenters. The van der Waals surface area contributed by atoms with E-state index in [1.165, 1.54) is 109 Å². The Morgan fingerprint density at radius 1 is 0.688 bits per heavy atom. The van der Waals surface area contributed by atoms with Crippen molar-refractivity contribution >= 4 is 13.7 Å². The number of allylic oxidation sites excluding steroid dienone is 3. The van der Waals surface area contributed by atoms with Crippen molar-refractivity contribution in [3.63, 3.8) is 0 Å². The van der Waals surface area contributed by atoms with Gasteiger partial charge < -0.3 is 19.8 Å². The first kappa shape index (κ1) is 47.0. The zero-order valence-electron chi connectivity index (χ0n) is 32.0. The quantitative estimate of drug-likeness (QED) is 0.0263. The minimum Gasteiger partial charge on any atom is -0.387 e. The third kappa shape index (κ3) is 33.5. The molecular weight excluding hydrogens is 623 g/mol. The second-order valence-corrected chi connectivity index (χ2v) is 16.1. The Labute approximate surface area is 296 Å². The van der Waals surface area contributed by atoms with Gasteiger partial charge in [0.15, 0.2) is 0 Å². The highest BCUT2D eigenvalue weighted by Crippen LogP contribution is 2.43. The lowest BCUT2D eigenvalue weighted by Gasteiger charge is -2.25. The van der Waals surface area contributed by atoms with Crippen LogP contribution in [-0.2, 0) is 18.4 Å². The highest BCUT2D eigenvalue weighted by Gasteiger charge is 2.27. The lowest BCUT2D eigenvalue weighted by atomic mass is 10.1. The highest BCUT2D eigenvalue weighted by molar-refractivity contribution is 7.47. The molecule has 0 rings (SSSR count). The second-order valence-electron chi connectivity index (χ2n) is 14.7. The Kier molecular flexibility index (Phi) is 31.2. The molecule has 0 aliphatic carbocycles. The number of phosphoric acid groups is 1. The molecule has 0 aromatic rings. The monoisotopic (exact) mass is 702 g/mol. The van der Waals surface area contributed by atoms with Crippen LogP contribution in [-0.4, -0.2) is 73.4 Å². The van der Waals surface area contributed by atoms with E-state index < -0.39 is 20.0 Å². The summed E-state index contributed by atoms with van der Waals surface area (Å²) in [6.45, 7) is 4.76. The van der Waals surface area contributed by atoms with E-state index in [4.69, 9.17) is 9.05 Å². The van der Waals surface area contributed by atoms with Crippen LogP contribution in [0.2, 0.25) is 0 Å². The van der Waals surface area contributed by atoms with Crippen LogP contribution in [0.1, 0.15) is 168 Å². The Bertz CT molecular complexity index is 845. The average molecular weight is 702 g/mol. The van der Waals surface area contributed by atoms with Crippen LogP contribution in [0.3, 0.4) is 0 Å². The lowest BCUT2D eigenvalue weighted by molar-refractivity contribution is -0.870. The Hall–Kier alpha value is -1.02. The minimum atomic E-state index is -4.32. The summed E-state index contributed by atoms with van der Waals surface area (Å²) in [6.07, 6.45) is 35.3. The summed E-state index contributed by atoms with van der Waals surface area (Å²) in [5, 5.41) is 13.7. The summed E-state index contributed by atoms with van der Waals surface area (Å²) in [4.78, 5) is 23.0. The fourth-order valence-electron chi connectivity index (χ4n) is 5.45. The Morgan fingerprint density at radius 3 is 1.60 bits per heavy atom. The smallest absolute Gasteiger partial charge is 0.387 e. The van der Waals surface area contributed by atoms with Gasteiger partial charge in [0.2, 0.25) is 5.91 Å². The maximum absolute atomic E-state index is 12.8. The fraction of sp³-hybridized carbons (Fsp3) is 0.872. The Morgan fingerprint density at radius 2 is 1.12 bits per heavy atom. The lowest BCUT2D eigenvalue weighted by Crippen LogP contribution is -2.45. The molecule has 0 aromatic carbocycles. The molecule has 0 fully saturated rings. The number of phosphoric ester groups is 1. The zero-order valence-corrected chi connectivity index (χ0v) is 32.9. The number of hydrogen-bond acceptors (Lipinski definition) is 5. The predicted molar refractivity (Wildman–Crippen MR) is 203 cm³/mol. The van der Waals surface area contributed by atoms with Crippen LogP contribution < -0.4 is 5.32 Å². The first-order chi connectivity index (χ1) is 23.0. The molecule has 1 unspecified atom stereocenters. The zero-order chi connectivity index (χ0) is 35.8. The molecule has 0 radical (unpaired) electrons. The number of carbonyl (C=O) groups excluding carboxylic acids is 1. The molecule has 0 aromatic heterocycles. The molecule has 0 saturated heterocycles.